The van der Waals surface area contributed by atoms with E-state index in [0.717, 1.165) is 56.1 Å². The Labute approximate surface area is 150 Å². The van der Waals surface area contributed by atoms with Crippen molar-refractivity contribution in [1.82, 2.24) is 10.2 Å². The largest absolute Gasteiger partial charge is 0.466 e. The normalized spacial score (nSPS) is 16.1. The van der Waals surface area contributed by atoms with Crippen LogP contribution in [-0.4, -0.2) is 30.4 Å². The first-order chi connectivity index (χ1) is 12.0. The van der Waals surface area contributed by atoms with Crippen molar-refractivity contribution in [2.75, 3.05) is 19.6 Å². The molecule has 0 bridgehead atoms. The molecule has 4 heteroatoms. The Kier molecular flexibility index (Phi) is 5.59. The van der Waals surface area contributed by atoms with Gasteiger partial charge in [-0.3, -0.25) is 9.69 Å². The van der Waals surface area contributed by atoms with Crippen molar-refractivity contribution in [3.8, 4) is 0 Å². The summed E-state index contributed by atoms with van der Waals surface area (Å²) in [5, 5.41) is 3.09. The smallest absolute Gasteiger partial charge is 0.251 e. The molecule has 134 valence electrons. The molecule has 4 nitrogen and oxygen atoms in total. The molecule has 25 heavy (non-hydrogen) atoms. The van der Waals surface area contributed by atoms with E-state index >= 15 is 0 Å². The van der Waals surface area contributed by atoms with Crippen LogP contribution in [0.5, 0.6) is 0 Å². The number of piperidine rings is 1. The molecule has 0 atom stereocenters. The summed E-state index contributed by atoms with van der Waals surface area (Å²) in [6.45, 7) is 9.95. The molecule has 3 rings (SSSR count). The van der Waals surface area contributed by atoms with Crippen LogP contribution in [-0.2, 0) is 6.54 Å². The predicted molar refractivity (Wildman–Crippen MR) is 99.7 cm³/mol. The molecule has 0 unspecified atom stereocenters. The third-order valence-electron chi connectivity index (χ3n) is 5.11. The maximum absolute atomic E-state index is 12.2. The number of hydrogen-bond donors (Lipinski definition) is 1. The SMILES string of the molecule is Cc1ccc(C(=O)NCC2CCN(Cc3cc(C)oc3C)CC2)cc1. The van der Waals surface area contributed by atoms with E-state index in [-0.39, 0.29) is 5.91 Å². The van der Waals surface area contributed by atoms with Gasteiger partial charge in [0.2, 0.25) is 0 Å². The molecule has 0 radical (unpaired) electrons. The molecule has 1 amide bonds. The highest BCUT2D eigenvalue weighted by atomic mass is 16.3. The Bertz CT molecular complexity index is 710. The van der Waals surface area contributed by atoms with Crippen molar-refractivity contribution in [1.29, 1.82) is 0 Å². The minimum absolute atomic E-state index is 0.0342. The molecule has 1 aromatic heterocycles. The molecule has 2 aromatic rings. The van der Waals surface area contributed by atoms with Crippen molar-refractivity contribution in [3.05, 3.63) is 58.5 Å². The van der Waals surface area contributed by atoms with Gasteiger partial charge in [-0.1, -0.05) is 17.7 Å². The first-order valence-electron chi connectivity index (χ1n) is 9.14. The number of likely N-dealkylation sites (tertiary alicyclic amines) is 1. The van der Waals surface area contributed by atoms with Crippen molar-refractivity contribution in [3.63, 3.8) is 0 Å². The van der Waals surface area contributed by atoms with Gasteiger partial charge in [0.25, 0.3) is 5.91 Å². The molecule has 2 heterocycles. The summed E-state index contributed by atoms with van der Waals surface area (Å²) in [5.41, 5.74) is 3.21. The minimum atomic E-state index is 0.0342. The quantitative estimate of drug-likeness (QED) is 0.899. The van der Waals surface area contributed by atoms with Gasteiger partial charge >= 0.3 is 0 Å². The molecule has 1 aromatic carbocycles. The molecule has 1 N–H and O–H groups in total. The molecule has 1 saturated heterocycles. The first-order valence-corrected chi connectivity index (χ1v) is 9.14. The van der Waals surface area contributed by atoms with Gasteiger partial charge in [-0.05, 0) is 70.8 Å². The first kappa shape index (κ1) is 17.7. The van der Waals surface area contributed by atoms with Crippen molar-refractivity contribution < 1.29 is 9.21 Å². The van der Waals surface area contributed by atoms with Crippen LogP contribution in [0.4, 0.5) is 0 Å². The van der Waals surface area contributed by atoms with Crippen LogP contribution in [0.3, 0.4) is 0 Å². The molecular weight excluding hydrogens is 312 g/mol. The lowest BCUT2D eigenvalue weighted by molar-refractivity contribution is 0.0935. The fourth-order valence-corrected chi connectivity index (χ4v) is 3.47. The van der Waals surface area contributed by atoms with Gasteiger partial charge in [0, 0.05) is 24.2 Å². The van der Waals surface area contributed by atoms with Gasteiger partial charge in [-0.2, -0.15) is 0 Å². The van der Waals surface area contributed by atoms with Crippen molar-refractivity contribution in [2.24, 2.45) is 5.92 Å². The van der Waals surface area contributed by atoms with Crippen LogP contribution in [0.25, 0.3) is 0 Å². The number of carbonyl (C=O) groups is 1. The predicted octanol–water partition coefficient (Wildman–Crippen LogP) is 3.85. The standard InChI is InChI=1S/C21H28N2O2/c1-15-4-6-19(7-5-15)21(24)22-13-18-8-10-23(11-9-18)14-20-12-16(2)25-17(20)3/h4-7,12,18H,8-11,13-14H2,1-3H3,(H,22,24). The average Bonchev–Trinajstić information content (AvgIpc) is 2.92. The number of nitrogens with one attached hydrogen (secondary N) is 1. The van der Waals surface area contributed by atoms with E-state index in [1.165, 1.54) is 11.1 Å². The highest BCUT2D eigenvalue weighted by Crippen LogP contribution is 2.21. The number of rotatable bonds is 5. The maximum Gasteiger partial charge on any atom is 0.251 e. The Morgan fingerprint density at radius 3 is 2.44 bits per heavy atom. The number of hydrogen-bond acceptors (Lipinski definition) is 3. The average molecular weight is 340 g/mol. The maximum atomic E-state index is 12.2. The van der Waals surface area contributed by atoms with Crippen LogP contribution >= 0.6 is 0 Å². The van der Waals surface area contributed by atoms with Crippen LogP contribution in [0, 0.1) is 26.7 Å². The second-order valence-electron chi connectivity index (χ2n) is 7.23. The molecule has 1 aliphatic heterocycles. The van der Waals surface area contributed by atoms with Crippen LogP contribution in [0.1, 0.15) is 45.8 Å². The van der Waals surface area contributed by atoms with Gasteiger partial charge in [-0.15, -0.1) is 0 Å². The Morgan fingerprint density at radius 1 is 1.16 bits per heavy atom. The van der Waals surface area contributed by atoms with Gasteiger partial charge in [-0.25, -0.2) is 0 Å². The zero-order chi connectivity index (χ0) is 17.8. The van der Waals surface area contributed by atoms with Gasteiger partial charge in [0.05, 0.1) is 0 Å². The molecular formula is C21H28N2O2. The van der Waals surface area contributed by atoms with Gasteiger partial charge < -0.3 is 9.73 Å². The second kappa shape index (κ2) is 7.87. The highest BCUT2D eigenvalue weighted by molar-refractivity contribution is 5.94. The Hall–Kier alpha value is -2.07. The summed E-state index contributed by atoms with van der Waals surface area (Å²) >= 11 is 0. The topological polar surface area (TPSA) is 45.5 Å². The number of amides is 1. The van der Waals surface area contributed by atoms with Crippen LogP contribution in [0.15, 0.2) is 34.7 Å². The summed E-state index contributed by atoms with van der Waals surface area (Å²) in [6.07, 6.45) is 2.26. The Morgan fingerprint density at radius 2 is 1.84 bits per heavy atom. The lowest BCUT2D eigenvalue weighted by Crippen LogP contribution is -2.38. The summed E-state index contributed by atoms with van der Waals surface area (Å²) in [4.78, 5) is 14.7. The highest BCUT2D eigenvalue weighted by Gasteiger charge is 2.21. The van der Waals surface area contributed by atoms with E-state index in [1.807, 2.05) is 45.0 Å². The molecule has 1 fully saturated rings. The van der Waals surface area contributed by atoms with Gasteiger partial charge in [0.1, 0.15) is 11.5 Å². The van der Waals surface area contributed by atoms with E-state index in [4.69, 9.17) is 4.42 Å². The van der Waals surface area contributed by atoms with Gasteiger partial charge in [0.15, 0.2) is 0 Å². The number of benzene rings is 1. The Balaban J connectivity index is 1.42. The fourth-order valence-electron chi connectivity index (χ4n) is 3.47. The summed E-state index contributed by atoms with van der Waals surface area (Å²) < 4.78 is 5.62. The second-order valence-corrected chi connectivity index (χ2v) is 7.23. The van der Waals surface area contributed by atoms with Crippen molar-refractivity contribution in [2.45, 2.75) is 40.2 Å². The zero-order valence-electron chi connectivity index (χ0n) is 15.5. The minimum Gasteiger partial charge on any atom is -0.466 e. The molecule has 0 spiro atoms. The zero-order valence-corrected chi connectivity index (χ0v) is 15.5. The van der Waals surface area contributed by atoms with Crippen molar-refractivity contribution >= 4 is 5.91 Å². The fraction of sp³-hybridized carbons (Fsp3) is 0.476. The van der Waals surface area contributed by atoms with Crippen LogP contribution in [0.2, 0.25) is 0 Å². The third-order valence-corrected chi connectivity index (χ3v) is 5.11. The molecule has 1 aliphatic rings. The summed E-state index contributed by atoms with van der Waals surface area (Å²) in [5.74, 6) is 2.62. The summed E-state index contributed by atoms with van der Waals surface area (Å²) in [7, 11) is 0. The monoisotopic (exact) mass is 340 g/mol. The van der Waals surface area contributed by atoms with E-state index < -0.39 is 0 Å². The molecule has 0 aliphatic carbocycles. The number of aryl methyl sites for hydroxylation is 3. The number of furan rings is 1. The van der Waals surface area contributed by atoms with Crippen LogP contribution < -0.4 is 5.32 Å². The lowest BCUT2D eigenvalue weighted by Gasteiger charge is -2.31. The van der Waals surface area contributed by atoms with E-state index in [2.05, 4.69) is 16.3 Å². The number of carbonyl (C=O) groups excluding carboxylic acids is 1. The van der Waals surface area contributed by atoms with E-state index in [9.17, 15) is 4.79 Å². The lowest BCUT2D eigenvalue weighted by atomic mass is 9.96. The van der Waals surface area contributed by atoms with E-state index in [0.29, 0.717) is 5.92 Å². The molecule has 0 saturated carbocycles. The third kappa shape index (κ3) is 4.73. The van der Waals surface area contributed by atoms with E-state index in [1.54, 1.807) is 0 Å². The number of nitrogens with zero attached hydrogens (tertiary/aromatic N) is 1. The summed E-state index contributed by atoms with van der Waals surface area (Å²) in [6, 6.07) is 9.88.